The second-order valence-corrected chi connectivity index (χ2v) is 13.8. The number of carbonyl (C=O) groups is 1. The third-order valence-electron chi connectivity index (χ3n) is 6.97. The summed E-state index contributed by atoms with van der Waals surface area (Å²) in [6.45, 7) is -0.417. The number of aliphatic hydroxyl groups is 1. The van der Waals surface area contributed by atoms with Gasteiger partial charge in [0.1, 0.15) is 17.9 Å². The Labute approximate surface area is 259 Å². The van der Waals surface area contributed by atoms with Crippen molar-refractivity contribution >= 4 is 52.3 Å². The van der Waals surface area contributed by atoms with Crippen LogP contribution in [0.2, 0.25) is 0 Å². The van der Waals surface area contributed by atoms with E-state index < -0.39 is 67.5 Å². The van der Waals surface area contributed by atoms with E-state index in [0.29, 0.717) is 0 Å². The first-order valence-electron chi connectivity index (χ1n) is 13.6. The number of H-pyrrole nitrogens is 1. The quantitative estimate of drug-likeness (QED) is 0.136. The molecule has 242 valence electrons. The number of esters is 1. The number of nitrogens with zero attached hydrogens (tertiary/aromatic N) is 3. The van der Waals surface area contributed by atoms with Crippen LogP contribution in [0.15, 0.2) is 53.6 Å². The van der Waals surface area contributed by atoms with Gasteiger partial charge in [0.05, 0.1) is 19.0 Å². The van der Waals surface area contributed by atoms with Crippen molar-refractivity contribution < 1.29 is 41.6 Å². The Balaban J connectivity index is 1.46. The van der Waals surface area contributed by atoms with E-state index in [0.717, 1.165) is 21.7 Å². The number of rotatable bonds is 11. The molecule has 13 nitrogen and oxygen atoms in total. The maximum Gasteiger partial charge on any atom is 0.323 e. The van der Waals surface area contributed by atoms with Crippen LogP contribution in [0, 0.1) is 0 Å². The van der Waals surface area contributed by atoms with Crippen LogP contribution in [-0.4, -0.2) is 73.6 Å². The summed E-state index contributed by atoms with van der Waals surface area (Å²) in [5.41, 5.74) is 1.35. The Morgan fingerprint density at radius 2 is 1.98 bits per heavy atom. The zero-order valence-electron chi connectivity index (χ0n) is 24.1. The number of aromatic amines is 1. The van der Waals surface area contributed by atoms with Crippen LogP contribution in [0.1, 0.15) is 27.0 Å². The molecule has 0 amide bonds. The molecule has 0 bridgehead atoms. The molecule has 4 aromatic rings. The topological polar surface area (TPSA) is 176 Å². The molecule has 5 rings (SSSR count). The Kier molecular flexibility index (Phi) is 9.22. The number of halogens is 3. The second kappa shape index (κ2) is 12.7. The van der Waals surface area contributed by atoms with Crippen LogP contribution in [0.4, 0.5) is 19.1 Å². The van der Waals surface area contributed by atoms with Crippen molar-refractivity contribution in [1.29, 1.82) is 0 Å². The lowest BCUT2D eigenvalue weighted by molar-refractivity contribution is -0.191. The molecule has 0 spiro atoms. The summed E-state index contributed by atoms with van der Waals surface area (Å²) in [6, 6.07) is 11.2. The van der Waals surface area contributed by atoms with Gasteiger partial charge in [-0.25, -0.2) is 23.2 Å². The molecule has 45 heavy (non-hydrogen) atoms. The number of alkyl halides is 3. The maximum absolute atomic E-state index is 15.6. The molecule has 1 aliphatic heterocycles. The van der Waals surface area contributed by atoms with Crippen molar-refractivity contribution in [1.82, 2.24) is 24.6 Å². The number of benzene rings is 2. The highest BCUT2D eigenvalue weighted by Crippen LogP contribution is 2.50. The summed E-state index contributed by atoms with van der Waals surface area (Å²) in [6.07, 6.45) is -9.86. The molecule has 1 fully saturated rings. The van der Waals surface area contributed by atoms with Gasteiger partial charge >= 0.3 is 12.6 Å². The van der Waals surface area contributed by atoms with Crippen molar-refractivity contribution in [3.8, 4) is 5.75 Å². The lowest BCUT2D eigenvalue weighted by atomic mass is 9.97. The number of hydrogen-bond acceptors (Lipinski definition) is 11. The number of anilines is 1. The van der Waals surface area contributed by atoms with E-state index in [-0.39, 0.29) is 22.9 Å². The molecule has 18 heteroatoms. The standard InChI is InChI=1S/C27H30F3N6O7PS/c1-13(2)41-24(39)14(3)35-44(45,43-17-9-8-15-6-4-5-7-16(15)10-17)40-11-27(25(29)30)20(37)18(28)23(42-27)36-12-32-19-21(36)33-26(31)34-22(19)38/h4-10,12-14,18,20,23,25,37H,11H2,1-3H3,(H,35,45)(H3,31,33,34,38)/t14-,18-,20-,23+,27+,44?/m0/s1. The first-order valence-corrected chi connectivity index (χ1v) is 16.3. The fourth-order valence-electron chi connectivity index (χ4n) is 4.75. The van der Waals surface area contributed by atoms with E-state index in [2.05, 4.69) is 20.0 Å². The Hall–Kier alpha value is -3.60. The van der Waals surface area contributed by atoms with Crippen LogP contribution in [0.3, 0.4) is 0 Å². The number of carbonyl (C=O) groups excluding carboxylic acids is 1. The summed E-state index contributed by atoms with van der Waals surface area (Å²) < 4.78 is 68.5. The summed E-state index contributed by atoms with van der Waals surface area (Å²) in [5.74, 6) is -0.870. The average molecular weight is 671 g/mol. The first-order chi connectivity index (χ1) is 21.2. The molecule has 5 N–H and O–H groups in total. The monoisotopic (exact) mass is 670 g/mol. The number of ether oxygens (including phenoxy) is 2. The fraction of sp³-hybridized carbons (Fsp3) is 0.407. The molecular formula is C27H30F3N6O7PS. The predicted molar refractivity (Wildman–Crippen MR) is 161 cm³/mol. The highest BCUT2D eigenvalue weighted by molar-refractivity contribution is 8.09. The van der Waals surface area contributed by atoms with Crippen LogP contribution >= 0.6 is 6.64 Å². The van der Waals surface area contributed by atoms with Gasteiger partial charge in [-0.05, 0) is 55.5 Å². The van der Waals surface area contributed by atoms with Gasteiger partial charge < -0.3 is 29.4 Å². The van der Waals surface area contributed by atoms with Gasteiger partial charge in [0.25, 0.3) is 12.0 Å². The molecule has 0 saturated carbocycles. The molecular weight excluding hydrogens is 640 g/mol. The second-order valence-electron chi connectivity index (χ2n) is 10.6. The molecule has 6 atom stereocenters. The number of aromatic nitrogens is 4. The van der Waals surface area contributed by atoms with Crippen LogP contribution in [0.5, 0.6) is 5.75 Å². The third-order valence-corrected chi connectivity index (χ3v) is 9.45. The van der Waals surface area contributed by atoms with Crippen molar-refractivity contribution in [3.05, 3.63) is 59.1 Å². The van der Waals surface area contributed by atoms with E-state index in [1.54, 1.807) is 38.1 Å². The van der Waals surface area contributed by atoms with Crippen molar-refractivity contribution in [3.63, 3.8) is 0 Å². The molecule has 0 radical (unpaired) electrons. The summed E-state index contributed by atoms with van der Waals surface area (Å²) >= 11 is 5.65. The number of hydrogen-bond donors (Lipinski definition) is 4. The number of aliphatic hydroxyl groups excluding tert-OH is 1. The smallest absolute Gasteiger partial charge is 0.323 e. The molecule has 1 unspecified atom stereocenters. The van der Waals surface area contributed by atoms with E-state index in [4.69, 9.17) is 36.1 Å². The average Bonchev–Trinajstić information content (AvgIpc) is 3.50. The lowest BCUT2D eigenvalue weighted by Gasteiger charge is -2.34. The largest absolute Gasteiger partial charge is 0.462 e. The maximum atomic E-state index is 15.6. The third kappa shape index (κ3) is 6.55. The minimum Gasteiger partial charge on any atom is -0.462 e. The SMILES string of the molecule is CC(C)OC(=O)[C@H](C)NP(=S)(OC[C@@]1(C(F)F)O[C@@H](n2cnc3c(=O)[nH]c(N)nc32)[C@@H](F)[C@@H]1O)Oc1ccc2ccccc2c1. The summed E-state index contributed by atoms with van der Waals surface area (Å²) in [4.78, 5) is 34.8. The Morgan fingerprint density at radius 3 is 2.67 bits per heavy atom. The first kappa shape index (κ1) is 32.8. The van der Waals surface area contributed by atoms with Gasteiger partial charge in [0.15, 0.2) is 29.2 Å². The lowest BCUT2D eigenvalue weighted by Crippen LogP contribution is -2.52. The molecule has 2 aromatic carbocycles. The minimum absolute atomic E-state index is 0.188. The number of nitrogen functional groups attached to an aromatic ring is 1. The summed E-state index contributed by atoms with van der Waals surface area (Å²) in [5, 5.41) is 15.2. The van der Waals surface area contributed by atoms with Crippen molar-refractivity contribution in [2.75, 3.05) is 12.3 Å². The zero-order chi connectivity index (χ0) is 32.7. The highest BCUT2D eigenvalue weighted by atomic mass is 32.5. The molecule has 3 heterocycles. The van der Waals surface area contributed by atoms with Crippen molar-refractivity contribution in [2.45, 2.75) is 63.4 Å². The van der Waals surface area contributed by atoms with Crippen LogP contribution < -0.4 is 20.9 Å². The number of nitrogens with two attached hydrogens (primary N) is 1. The molecule has 1 saturated heterocycles. The van der Waals surface area contributed by atoms with Gasteiger partial charge in [0, 0.05) is 0 Å². The fourth-order valence-corrected chi connectivity index (χ4v) is 7.16. The van der Waals surface area contributed by atoms with Crippen LogP contribution in [-0.2, 0) is 30.6 Å². The van der Waals surface area contributed by atoms with Gasteiger partial charge in [-0.2, -0.15) is 4.98 Å². The zero-order valence-corrected chi connectivity index (χ0v) is 25.8. The van der Waals surface area contributed by atoms with E-state index in [1.807, 2.05) is 18.2 Å². The number of imidazole rings is 1. The van der Waals surface area contributed by atoms with Gasteiger partial charge in [-0.15, -0.1) is 0 Å². The van der Waals surface area contributed by atoms with Crippen LogP contribution in [0.25, 0.3) is 21.9 Å². The normalized spacial score (nSPS) is 23.9. The number of fused-ring (bicyclic) bond motifs is 2. The number of nitrogens with one attached hydrogen (secondary N) is 2. The predicted octanol–water partition coefficient (Wildman–Crippen LogP) is 3.34. The van der Waals surface area contributed by atoms with Gasteiger partial charge in [-0.1, -0.05) is 30.3 Å². The summed E-state index contributed by atoms with van der Waals surface area (Å²) in [7, 11) is 0. The van der Waals surface area contributed by atoms with Crippen molar-refractivity contribution in [2.24, 2.45) is 0 Å². The highest BCUT2D eigenvalue weighted by Gasteiger charge is 2.62. The Morgan fingerprint density at radius 1 is 1.27 bits per heavy atom. The molecule has 2 aromatic heterocycles. The molecule has 1 aliphatic rings. The van der Waals surface area contributed by atoms with E-state index in [9.17, 15) is 23.5 Å². The van der Waals surface area contributed by atoms with Gasteiger partial charge in [0.2, 0.25) is 5.95 Å². The molecule has 0 aliphatic carbocycles. The minimum atomic E-state index is -3.94. The van der Waals surface area contributed by atoms with E-state index in [1.165, 1.54) is 6.92 Å². The van der Waals surface area contributed by atoms with E-state index >= 15 is 4.39 Å². The Bertz CT molecular complexity index is 1830. The van der Waals surface area contributed by atoms with Gasteiger partial charge in [-0.3, -0.25) is 19.1 Å².